The van der Waals surface area contributed by atoms with Crippen LogP contribution in [0.25, 0.3) is 0 Å². The smallest absolute Gasteiger partial charge is 0.0653 e. The highest BCUT2D eigenvalue weighted by Crippen LogP contribution is 2.30. The van der Waals surface area contributed by atoms with Gasteiger partial charge in [-0.3, -0.25) is 0 Å². The van der Waals surface area contributed by atoms with Gasteiger partial charge in [0.2, 0.25) is 0 Å². The molecule has 1 rings (SSSR count). The molecule has 0 N–H and O–H groups in total. The molecule has 1 nitrogen and oxygen atoms in total. The Morgan fingerprint density at radius 3 is 2.55 bits per heavy atom. The summed E-state index contributed by atoms with van der Waals surface area (Å²) >= 11 is 0. The van der Waals surface area contributed by atoms with Crippen LogP contribution in [0, 0.1) is 5.92 Å². The average molecular weight is 154 g/mol. The SMILES string of the molecule is COC(C)(C)C1CC=CCC1. The number of rotatable bonds is 2. The zero-order chi connectivity index (χ0) is 8.32. The Labute approximate surface area is 69.4 Å². The van der Waals surface area contributed by atoms with E-state index in [0.717, 1.165) is 0 Å². The van der Waals surface area contributed by atoms with Crippen LogP contribution in [0.5, 0.6) is 0 Å². The van der Waals surface area contributed by atoms with Gasteiger partial charge in [-0.2, -0.15) is 0 Å². The molecule has 1 aliphatic carbocycles. The third kappa shape index (κ3) is 2.06. The number of hydrogen-bond acceptors (Lipinski definition) is 1. The maximum atomic E-state index is 5.44. The van der Waals surface area contributed by atoms with Crippen LogP contribution in [0.3, 0.4) is 0 Å². The molecular weight excluding hydrogens is 136 g/mol. The molecule has 64 valence electrons. The third-order valence-electron chi connectivity index (χ3n) is 2.78. The van der Waals surface area contributed by atoms with Gasteiger partial charge in [-0.25, -0.2) is 0 Å². The van der Waals surface area contributed by atoms with Crippen LogP contribution in [-0.2, 0) is 4.74 Å². The van der Waals surface area contributed by atoms with Crippen LogP contribution < -0.4 is 0 Å². The molecule has 0 saturated carbocycles. The second-order valence-electron chi connectivity index (χ2n) is 3.79. The minimum Gasteiger partial charge on any atom is -0.379 e. The van der Waals surface area contributed by atoms with E-state index in [1.165, 1.54) is 19.3 Å². The van der Waals surface area contributed by atoms with Gasteiger partial charge in [0, 0.05) is 7.11 Å². The Hall–Kier alpha value is -0.300. The van der Waals surface area contributed by atoms with Crippen LogP contribution in [0.1, 0.15) is 33.1 Å². The average Bonchev–Trinajstić information content (AvgIpc) is 2.06. The lowest BCUT2D eigenvalue weighted by molar-refractivity contribution is -0.0307. The van der Waals surface area contributed by atoms with E-state index in [4.69, 9.17) is 4.74 Å². The summed E-state index contributed by atoms with van der Waals surface area (Å²) in [5, 5.41) is 0. The van der Waals surface area contributed by atoms with Crippen molar-refractivity contribution in [2.24, 2.45) is 5.92 Å². The van der Waals surface area contributed by atoms with Gasteiger partial charge in [0.05, 0.1) is 5.60 Å². The summed E-state index contributed by atoms with van der Waals surface area (Å²) in [5.41, 5.74) is 0.0603. The number of hydrogen-bond donors (Lipinski definition) is 0. The maximum absolute atomic E-state index is 5.44. The molecule has 0 spiro atoms. The minimum atomic E-state index is 0.0603. The lowest BCUT2D eigenvalue weighted by Crippen LogP contribution is -2.33. The molecule has 0 aromatic carbocycles. The van der Waals surface area contributed by atoms with E-state index < -0.39 is 0 Å². The third-order valence-corrected chi connectivity index (χ3v) is 2.78. The molecule has 0 amide bonds. The molecule has 1 atom stereocenters. The lowest BCUT2D eigenvalue weighted by Gasteiger charge is -2.33. The zero-order valence-electron chi connectivity index (χ0n) is 7.76. The van der Waals surface area contributed by atoms with Gasteiger partial charge in [-0.1, -0.05) is 12.2 Å². The first-order valence-electron chi connectivity index (χ1n) is 4.37. The maximum Gasteiger partial charge on any atom is 0.0653 e. The van der Waals surface area contributed by atoms with Crippen molar-refractivity contribution in [1.82, 2.24) is 0 Å². The van der Waals surface area contributed by atoms with Gasteiger partial charge in [-0.15, -0.1) is 0 Å². The Balaban J connectivity index is 2.52. The predicted octanol–water partition coefficient (Wildman–Crippen LogP) is 2.77. The summed E-state index contributed by atoms with van der Waals surface area (Å²) in [6, 6.07) is 0. The Bertz CT molecular complexity index is 147. The number of ether oxygens (including phenoxy) is 1. The molecule has 0 heterocycles. The Morgan fingerprint density at radius 1 is 1.36 bits per heavy atom. The number of methoxy groups -OCH3 is 1. The van der Waals surface area contributed by atoms with E-state index in [0.29, 0.717) is 5.92 Å². The first kappa shape index (κ1) is 8.79. The molecule has 0 aliphatic heterocycles. The van der Waals surface area contributed by atoms with Crippen molar-refractivity contribution in [3.8, 4) is 0 Å². The molecule has 0 saturated heterocycles. The summed E-state index contributed by atoms with van der Waals surface area (Å²) in [7, 11) is 1.80. The van der Waals surface area contributed by atoms with Gasteiger partial charge in [-0.05, 0) is 39.0 Å². The largest absolute Gasteiger partial charge is 0.379 e. The second-order valence-corrected chi connectivity index (χ2v) is 3.79. The summed E-state index contributed by atoms with van der Waals surface area (Å²) in [6.45, 7) is 4.35. The first-order chi connectivity index (χ1) is 5.17. The van der Waals surface area contributed by atoms with Crippen molar-refractivity contribution >= 4 is 0 Å². The van der Waals surface area contributed by atoms with Crippen LogP contribution in [-0.4, -0.2) is 12.7 Å². The standard InChI is InChI=1S/C10H18O/c1-10(2,11-3)9-7-5-4-6-8-9/h4-5,9H,6-8H2,1-3H3. The fraction of sp³-hybridized carbons (Fsp3) is 0.800. The van der Waals surface area contributed by atoms with Gasteiger partial charge in [0.25, 0.3) is 0 Å². The summed E-state index contributed by atoms with van der Waals surface area (Å²) in [4.78, 5) is 0. The molecule has 1 aliphatic rings. The molecular formula is C10H18O. The van der Waals surface area contributed by atoms with E-state index >= 15 is 0 Å². The zero-order valence-corrected chi connectivity index (χ0v) is 7.76. The fourth-order valence-corrected chi connectivity index (χ4v) is 1.59. The molecule has 11 heavy (non-hydrogen) atoms. The Morgan fingerprint density at radius 2 is 2.09 bits per heavy atom. The summed E-state index contributed by atoms with van der Waals surface area (Å²) in [6.07, 6.45) is 8.22. The normalized spacial score (nSPS) is 25.5. The second kappa shape index (κ2) is 3.40. The van der Waals surface area contributed by atoms with E-state index in [2.05, 4.69) is 26.0 Å². The van der Waals surface area contributed by atoms with Gasteiger partial charge in [0.15, 0.2) is 0 Å². The van der Waals surface area contributed by atoms with E-state index in [1.54, 1.807) is 7.11 Å². The molecule has 0 radical (unpaired) electrons. The lowest BCUT2D eigenvalue weighted by atomic mass is 9.82. The molecule has 0 aromatic heterocycles. The van der Waals surface area contributed by atoms with Crippen LogP contribution in [0.4, 0.5) is 0 Å². The first-order valence-corrected chi connectivity index (χ1v) is 4.37. The molecule has 0 fully saturated rings. The van der Waals surface area contributed by atoms with Crippen molar-refractivity contribution < 1.29 is 4.74 Å². The van der Waals surface area contributed by atoms with Crippen LogP contribution in [0.15, 0.2) is 12.2 Å². The van der Waals surface area contributed by atoms with Gasteiger partial charge in [0.1, 0.15) is 0 Å². The van der Waals surface area contributed by atoms with Crippen LogP contribution in [0.2, 0.25) is 0 Å². The summed E-state index contributed by atoms with van der Waals surface area (Å²) in [5.74, 6) is 0.706. The van der Waals surface area contributed by atoms with Crippen molar-refractivity contribution in [2.75, 3.05) is 7.11 Å². The predicted molar refractivity (Wildman–Crippen MR) is 47.6 cm³/mol. The highest BCUT2D eigenvalue weighted by atomic mass is 16.5. The van der Waals surface area contributed by atoms with Crippen LogP contribution >= 0.6 is 0 Å². The molecule has 1 heteroatoms. The number of allylic oxidation sites excluding steroid dienone is 2. The quantitative estimate of drug-likeness (QED) is 0.556. The topological polar surface area (TPSA) is 9.23 Å². The Kier molecular flexibility index (Phi) is 2.72. The summed E-state index contributed by atoms with van der Waals surface area (Å²) < 4.78 is 5.44. The van der Waals surface area contributed by atoms with Gasteiger partial charge < -0.3 is 4.74 Å². The van der Waals surface area contributed by atoms with E-state index in [1.807, 2.05) is 0 Å². The van der Waals surface area contributed by atoms with Crippen molar-refractivity contribution in [1.29, 1.82) is 0 Å². The van der Waals surface area contributed by atoms with Crippen molar-refractivity contribution in [3.63, 3.8) is 0 Å². The van der Waals surface area contributed by atoms with Gasteiger partial charge >= 0.3 is 0 Å². The van der Waals surface area contributed by atoms with Crippen molar-refractivity contribution in [2.45, 2.75) is 38.7 Å². The molecule has 0 bridgehead atoms. The molecule has 0 aromatic rings. The fourth-order valence-electron chi connectivity index (χ4n) is 1.59. The van der Waals surface area contributed by atoms with E-state index in [9.17, 15) is 0 Å². The molecule has 1 unspecified atom stereocenters. The highest BCUT2D eigenvalue weighted by molar-refractivity contribution is 4.95. The van der Waals surface area contributed by atoms with Crippen molar-refractivity contribution in [3.05, 3.63) is 12.2 Å². The van der Waals surface area contributed by atoms with E-state index in [-0.39, 0.29) is 5.60 Å². The minimum absolute atomic E-state index is 0.0603. The monoisotopic (exact) mass is 154 g/mol. The highest BCUT2D eigenvalue weighted by Gasteiger charge is 2.28.